The average molecular weight is 196 g/mol. The van der Waals surface area contributed by atoms with E-state index in [1.54, 1.807) is 6.92 Å². The Hall–Kier alpha value is -0.290. The summed E-state index contributed by atoms with van der Waals surface area (Å²) in [6, 6.07) is -0.472. The lowest BCUT2D eigenvalue weighted by atomic mass is 10.0. The lowest BCUT2D eigenvalue weighted by molar-refractivity contribution is -0.139. The molecule has 2 N–H and O–H groups in total. The summed E-state index contributed by atoms with van der Waals surface area (Å²) in [6.45, 7) is 4.10. The second kappa shape index (κ2) is 4.28. The van der Waals surface area contributed by atoms with Gasteiger partial charge in [0.25, 0.3) is 0 Å². The minimum absolute atomic E-state index is 0.472. The zero-order valence-corrected chi connectivity index (χ0v) is 7.62. The molecular weight excluding hydrogens is 181 g/mol. The van der Waals surface area contributed by atoms with Gasteiger partial charge in [-0.05, 0) is 12.8 Å². The number of nitrogens with one attached hydrogen (secondary N) is 2. The van der Waals surface area contributed by atoms with Crippen molar-refractivity contribution >= 4 is 0 Å². The molecule has 1 saturated heterocycles. The molecule has 0 bridgehead atoms. The summed E-state index contributed by atoms with van der Waals surface area (Å²) in [5, 5.41) is 5.95. The topological polar surface area (TPSA) is 24.1 Å². The molecule has 0 aliphatic carbocycles. The third-order valence-corrected chi connectivity index (χ3v) is 2.16. The molecule has 0 saturated carbocycles. The summed E-state index contributed by atoms with van der Waals surface area (Å²) in [6.07, 6.45) is -4.79. The standard InChI is InChI=1S/C8H15F3N2/c1-6(2-8(9,10)11)13-5-7-3-12-4-7/h6-7,12-13H,2-5H2,1H3. The first-order valence-electron chi connectivity index (χ1n) is 4.48. The van der Waals surface area contributed by atoms with E-state index in [1.165, 1.54) is 0 Å². The molecule has 0 spiro atoms. The Balaban J connectivity index is 2.06. The van der Waals surface area contributed by atoms with Gasteiger partial charge in [0, 0.05) is 25.7 Å². The molecule has 1 rings (SSSR count). The molecule has 0 aromatic heterocycles. The Morgan fingerprint density at radius 3 is 2.46 bits per heavy atom. The van der Waals surface area contributed by atoms with Crippen LogP contribution in [0.25, 0.3) is 0 Å². The maximum Gasteiger partial charge on any atom is 0.390 e. The SMILES string of the molecule is CC(CC(F)(F)F)NCC1CNC1. The monoisotopic (exact) mass is 196 g/mol. The van der Waals surface area contributed by atoms with Gasteiger partial charge in [-0.3, -0.25) is 0 Å². The lowest BCUT2D eigenvalue weighted by Crippen LogP contribution is -2.49. The predicted molar refractivity (Wildman–Crippen MR) is 44.5 cm³/mol. The van der Waals surface area contributed by atoms with Crippen molar-refractivity contribution in [2.24, 2.45) is 5.92 Å². The van der Waals surface area contributed by atoms with Crippen molar-refractivity contribution < 1.29 is 13.2 Å². The number of hydrogen-bond donors (Lipinski definition) is 2. The fraction of sp³-hybridized carbons (Fsp3) is 1.00. The van der Waals surface area contributed by atoms with Crippen LogP contribution in [0.4, 0.5) is 13.2 Å². The van der Waals surface area contributed by atoms with Crippen LogP contribution in [0.15, 0.2) is 0 Å². The first-order chi connectivity index (χ1) is 5.97. The van der Waals surface area contributed by atoms with Crippen molar-refractivity contribution in [2.75, 3.05) is 19.6 Å². The van der Waals surface area contributed by atoms with E-state index in [9.17, 15) is 13.2 Å². The van der Waals surface area contributed by atoms with Crippen LogP contribution in [-0.2, 0) is 0 Å². The second-order valence-corrected chi connectivity index (χ2v) is 3.65. The van der Waals surface area contributed by atoms with Crippen molar-refractivity contribution in [3.8, 4) is 0 Å². The molecule has 1 aliphatic rings. The number of rotatable bonds is 4. The van der Waals surface area contributed by atoms with Gasteiger partial charge >= 0.3 is 6.18 Å². The highest BCUT2D eigenvalue weighted by molar-refractivity contribution is 4.78. The van der Waals surface area contributed by atoms with Gasteiger partial charge in [0.15, 0.2) is 0 Å². The summed E-state index contributed by atoms with van der Waals surface area (Å²) in [4.78, 5) is 0. The van der Waals surface area contributed by atoms with Gasteiger partial charge < -0.3 is 10.6 Å². The molecular formula is C8H15F3N2. The Bertz CT molecular complexity index is 154. The second-order valence-electron chi connectivity index (χ2n) is 3.65. The van der Waals surface area contributed by atoms with E-state index in [2.05, 4.69) is 10.6 Å². The molecule has 5 heteroatoms. The van der Waals surface area contributed by atoms with Crippen LogP contribution in [0, 0.1) is 5.92 Å². The van der Waals surface area contributed by atoms with Crippen molar-refractivity contribution in [3.63, 3.8) is 0 Å². The van der Waals surface area contributed by atoms with Crippen LogP contribution in [0.3, 0.4) is 0 Å². The zero-order valence-electron chi connectivity index (χ0n) is 7.62. The molecule has 0 radical (unpaired) electrons. The first-order valence-corrected chi connectivity index (χ1v) is 4.48. The van der Waals surface area contributed by atoms with Crippen LogP contribution < -0.4 is 10.6 Å². The molecule has 78 valence electrons. The fourth-order valence-electron chi connectivity index (χ4n) is 1.28. The molecule has 0 aromatic rings. The Labute approximate surface area is 75.9 Å². The van der Waals surface area contributed by atoms with E-state index in [-0.39, 0.29) is 0 Å². The van der Waals surface area contributed by atoms with Gasteiger partial charge in [0.05, 0.1) is 6.42 Å². The van der Waals surface area contributed by atoms with E-state index in [0.29, 0.717) is 12.5 Å². The number of hydrogen-bond acceptors (Lipinski definition) is 2. The smallest absolute Gasteiger partial charge is 0.316 e. The van der Waals surface area contributed by atoms with Gasteiger partial charge in [-0.1, -0.05) is 0 Å². The molecule has 0 amide bonds. The van der Waals surface area contributed by atoms with E-state index < -0.39 is 18.6 Å². The third-order valence-electron chi connectivity index (χ3n) is 2.16. The van der Waals surface area contributed by atoms with E-state index in [0.717, 1.165) is 13.1 Å². The van der Waals surface area contributed by atoms with Gasteiger partial charge in [-0.25, -0.2) is 0 Å². The average Bonchev–Trinajstić information content (AvgIpc) is 1.78. The highest BCUT2D eigenvalue weighted by Gasteiger charge is 2.30. The lowest BCUT2D eigenvalue weighted by Gasteiger charge is -2.28. The van der Waals surface area contributed by atoms with E-state index in [4.69, 9.17) is 0 Å². The number of alkyl halides is 3. The Morgan fingerprint density at radius 1 is 1.46 bits per heavy atom. The number of halogens is 3. The molecule has 1 aliphatic heterocycles. The van der Waals surface area contributed by atoms with Crippen molar-refractivity contribution in [1.29, 1.82) is 0 Å². The quantitative estimate of drug-likeness (QED) is 0.704. The van der Waals surface area contributed by atoms with Crippen LogP contribution in [0.5, 0.6) is 0 Å². The van der Waals surface area contributed by atoms with Gasteiger partial charge in [0.1, 0.15) is 0 Å². The minimum atomic E-state index is -4.05. The molecule has 1 unspecified atom stereocenters. The molecule has 1 heterocycles. The normalized spacial score (nSPS) is 21.2. The summed E-state index contributed by atoms with van der Waals surface area (Å²) < 4.78 is 35.6. The molecule has 13 heavy (non-hydrogen) atoms. The predicted octanol–water partition coefficient (Wildman–Crippen LogP) is 1.14. The summed E-state index contributed by atoms with van der Waals surface area (Å²) in [5.74, 6) is 0.510. The van der Waals surface area contributed by atoms with Crippen molar-refractivity contribution in [2.45, 2.75) is 25.6 Å². The summed E-state index contributed by atoms with van der Waals surface area (Å²) in [5.41, 5.74) is 0. The van der Waals surface area contributed by atoms with Crippen LogP contribution in [-0.4, -0.2) is 31.9 Å². The summed E-state index contributed by atoms with van der Waals surface area (Å²) in [7, 11) is 0. The Kier molecular flexibility index (Phi) is 3.55. The zero-order chi connectivity index (χ0) is 9.90. The highest BCUT2D eigenvalue weighted by Crippen LogP contribution is 2.21. The van der Waals surface area contributed by atoms with Crippen molar-refractivity contribution in [3.05, 3.63) is 0 Å². The minimum Gasteiger partial charge on any atom is -0.316 e. The molecule has 0 aromatic carbocycles. The molecule has 1 fully saturated rings. The van der Waals surface area contributed by atoms with Crippen molar-refractivity contribution in [1.82, 2.24) is 10.6 Å². The van der Waals surface area contributed by atoms with Gasteiger partial charge in [-0.2, -0.15) is 13.2 Å². The fourth-order valence-corrected chi connectivity index (χ4v) is 1.28. The van der Waals surface area contributed by atoms with E-state index >= 15 is 0 Å². The molecule has 1 atom stereocenters. The molecule has 2 nitrogen and oxygen atoms in total. The van der Waals surface area contributed by atoms with Crippen LogP contribution in [0.2, 0.25) is 0 Å². The van der Waals surface area contributed by atoms with Gasteiger partial charge in [0.2, 0.25) is 0 Å². The largest absolute Gasteiger partial charge is 0.390 e. The highest BCUT2D eigenvalue weighted by atomic mass is 19.4. The van der Waals surface area contributed by atoms with Crippen LogP contribution in [0.1, 0.15) is 13.3 Å². The van der Waals surface area contributed by atoms with Crippen LogP contribution >= 0.6 is 0 Å². The summed E-state index contributed by atoms with van der Waals surface area (Å²) >= 11 is 0. The first kappa shape index (κ1) is 10.8. The third kappa shape index (κ3) is 4.47. The maximum atomic E-state index is 11.9. The Morgan fingerprint density at radius 2 is 2.08 bits per heavy atom. The van der Waals surface area contributed by atoms with E-state index in [1.807, 2.05) is 0 Å². The maximum absolute atomic E-state index is 11.9. The van der Waals surface area contributed by atoms with Gasteiger partial charge in [-0.15, -0.1) is 0 Å².